The van der Waals surface area contributed by atoms with E-state index in [4.69, 9.17) is 0 Å². The number of benzene rings is 4. The monoisotopic (exact) mass is 580 g/mol. The van der Waals surface area contributed by atoms with Crippen molar-refractivity contribution in [1.29, 1.82) is 0 Å². The van der Waals surface area contributed by atoms with Crippen LogP contribution in [-0.2, 0) is 24.4 Å². The molecule has 7 nitrogen and oxygen atoms in total. The van der Waals surface area contributed by atoms with Gasteiger partial charge in [0.1, 0.15) is 0 Å². The molecular formula is C28H22Na2O7S2. The summed E-state index contributed by atoms with van der Waals surface area (Å²) in [6, 6.07) is 38.1. The molecule has 0 unspecified atom stereocenters. The summed E-state index contributed by atoms with van der Waals surface area (Å²) < 4.78 is 58.2. The van der Waals surface area contributed by atoms with E-state index in [1.165, 1.54) is 33.4 Å². The van der Waals surface area contributed by atoms with Crippen molar-refractivity contribution in [1.82, 2.24) is 0 Å². The molecule has 190 valence electrons. The molecule has 0 aliphatic heterocycles. The van der Waals surface area contributed by atoms with Crippen molar-refractivity contribution in [3.63, 3.8) is 0 Å². The normalized spacial score (nSPS) is 11.2. The Morgan fingerprint density at radius 2 is 0.692 bits per heavy atom. The first-order valence-electron chi connectivity index (χ1n) is 10.9. The van der Waals surface area contributed by atoms with Gasteiger partial charge in [-0.1, -0.05) is 133 Å². The predicted octanol–water partition coefficient (Wildman–Crippen LogP) is -0.374. The van der Waals surface area contributed by atoms with E-state index < -0.39 is 20.8 Å². The van der Waals surface area contributed by atoms with Gasteiger partial charge < -0.3 is 9.11 Å². The fourth-order valence-corrected chi connectivity index (χ4v) is 4.01. The first-order chi connectivity index (χ1) is 17.6. The van der Waals surface area contributed by atoms with Crippen LogP contribution in [0.1, 0.15) is 22.3 Å². The first-order valence-corrected chi connectivity index (χ1v) is 13.5. The van der Waals surface area contributed by atoms with Gasteiger partial charge in [-0.15, -0.1) is 0 Å². The molecule has 0 saturated heterocycles. The third-order valence-electron chi connectivity index (χ3n) is 4.86. The summed E-state index contributed by atoms with van der Waals surface area (Å²) in [5, 5.41) is 0. The Morgan fingerprint density at radius 1 is 0.436 bits per heavy atom. The van der Waals surface area contributed by atoms with E-state index in [0.717, 1.165) is 0 Å². The van der Waals surface area contributed by atoms with E-state index >= 15 is 0 Å². The summed E-state index contributed by atoms with van der Waals surface area (Å²) in [5.41, 5.74) is 7.30. The Bertz CT molecular complexity index is 1430. The maximum Gasteiger partial charge on any atom is 1.00 e. The van der Waals surface area contributed by atoms with E-state index in [2.05, 4.69) is 125 Å². The van der Waals surface area contributed by atoms with E-state index in [1.807, 2.05) is 12.1 Å². The zero-order chi connectivity index (χ0) is 26.7. The van der Waals surface area contributed by atoms with Gasteiger partial charge in [0.15, 0.2) is 0 Å². The summed E-state index contributed by atoms with van der Waals surface area (Å²) in [5.74, 6) is 0. The van der Waals surface area contributed by atoms with Crippen LogP contribution in [0.15, 0.2) is 109 Å². The van der Waals surface area contributed by atoms with Gasteiger partial charge in [0.25, 0.3) is 0 Å². The number of hydrogen-bond donors (Lipinski definition) is 0. The van der Waals surface area contributed by atoms with Gasteiger partial charge in [-0.2, -0.15) is 3.63 Å². The Hall–Kier alpha value is -1.86. The van der Waals surface area contributed by atoms with Crippen molar-refractivity contribution in [2.45, 2.75) is 0 Å². The summed E-state index contributed by atoms with van der Waals surface area (Å²) in [4.78, 5) is 0. The van der Waals surface area contributed by atoms with Crippen LogP contribution in [0, 0.1) is 0 Å². The first kappa shape index (κ1) is 35.2. The molecule has 0 radical (unpaired) electrons. The van der Waals surface area contributed by atoms with Crippen LogP contribution in [-0.4, -0.2) is 25.9 Å². The maximum atomic E-state index is 9.29. The number of rotatable bonds is 7. The molecule has 0 bridgehead atoms. The van der Waals surface area contributed by atoms with Crippen LogP contribution in [0.25, 0.3) is 35.4 Å². The maximum absolute atomic E-state index is 9.29. The fourth-order valence-electron chi connectivity index (χ4n) is 3.19. The molecule has 0 aliphatic carbocycles. The third-order valence-corrected chi connectivity index (χ3v) is 6.19. The van der Waals surface area contributed by atoms with Gasteiger partial charge in [0.05, 0.1) is 0 Å². The molecule has 0 saturated carbocycles. The Kier molecular flexibility index (Phi) is 15.4. The molecule has 0 amide bonds. The van der Waals surface area contributed by atoms with E-state index in [1.54, 1.807) is 0 Å². The summed E-state index contributed by atoms with van der Waals surface area (Å²) in [6.45, 7) is 0. The zero-order valence-electron chi connectivity index (χ0n) is 21.4. The molecule has 11 heteroatoms. The molecule has 4 aromatic carbocycles. The SMILES string of the molecule is C(=Cc1ccc(-c2ccc(C=Cc3ccccc3)cc2)cc1)c1ccccc1.O=S(=O)([O-])OS(=O)(=O)[O-].[Na+].[Na+]. The van der Waals surface area contributed by atoms with Gasteiger partial charge in [-0.25, -0.2) is 16.8 Å². The molecule has 4 aromatic rings. The van der Waals surface area contributed by atoms with Crippen molar-refractivity contribution in [3.05, 3.63) is 131 Å². The van der Waals surface area contributed by atoms with Crippen molar-refractivity contribution in [3.8, 4) is 11.1 Å². The molecule has 0 fully saturated rings. The van der Waals surface area contributed by atoms with Crippen LogP contribution in [0.3, 0.4) is 0 Å². The van der Waals surface area contributed by atoms with Gasteiger partial charge in [0.2, 0.25) is 20.8 Å². The fraction of sp³-hybridized carbons (Fsp3) is 0. The largest absolute Gasteiger partial charge is 1.00 e. The van der Waals surface area contributed by atoms with E-state index in [-0.39, 0.29) is 59.1 Å². The topological polar surface area (TPSA) is 124 Å². The minimum atomic E-state index is -5.43. The molecule has 39 heavy (non-hydrogen) atoms. The van der Waals surface area contributed by atoms with E-state index in [0.29, 0.717) is 0 Å². The van der Waals surface area contributed by atoms with Crippen molar-refractivity contribution >= 4 is 45.1 Å². The minimum Gasteiger partial charge on any atom is -0.725 e. The summed E-state index contributed by atoms with van der Waals surface area (Å²) >= 11 is 0. The average Bonchev–Trinajstić information content (AvgIpc) is 2.86. The Balaban J connectivity index is 0.000000602. The van der Waals surface area contributed by atoms with Crippen LogP contribution < -0.4 is 59.1 Å². The van der Waals surface area contributed by atoms with Gasteiger partial charge >= 0.3 is 59.1 Å². The van der Waals surface area contributed by atoms with Gasteiger partial charge in [-0.3, -0.25) is 0 Å². The minimum absolute atomic E-state index is 0. The second kappa shape index (κ2) is 17.1. The van der Waals surface area contributed by atoms with Gasteiger partial charge in [-0.05, 0) is 33.4 Å². The molecule has 0 aliphatic rings. The standard InChI is InChI=1S/C28H22.2Na.H2O7S2/c1-3-7-23(8-4-1)11-13-25-15-19-27(20-16-25)28-21-17-26(18-22-28)14-12-24-9-5-2-6-10-24;;;1-8(2,3)7-9(4,5)6/h1-22H;;;(H,1,2,3)(H,4,5,6)/q;2*+1;/p-2. The van der Waals surface area contributed by atoms with Gasteiger partial charge in [0, 0.05) is 0 Å². The second-order valence-electron chi connectivity index (χ2n) is 7.62. The van der Waals surface area contributed by atoms with Crippen LogP contribution in [0.5, 0.6) is 0 Å². The van der Waals surface area contributed by atoms with Crippen molar-refractivity contribution in [2.24, 2.45) is 0 Å². The number of hydrogen-bond acceptors (Lipinski definition) is 7. The van der Waals surface area contributed by atoms with Crippen molar-refractivity contribution < 1.29 is 88.7 Å². The molecule has 4 rings (SSSR count). The van der Waals surface area contributed by atoms with Crippen LogP contribution >= 0.6 is 0 Å². The summed E-state index contributed by atoms with van der Waals surface area (Å²) in [6.07, 6.45) is 8.58. The van der Waals surface area contributed by atoms with E-state index in [9.17, 15) is 25.9 Å². The predicted molar refractivity (Wildman–Crippen MR) is 143 cm³/mol. The van der Waals surface area contributed by atoms with Crippen molar-refractivity contribution in [2.75, 3.05) is 0 Å². The quantitative estimate of drug-likeness (QED) is 0.126. The summed E-state index contributed by atoms with van der Waals surface area (Å²) in [7, 11) is -10.9. The zero-order valence-corrected chi connectivity index (χ0v) is 27.0. The third kappa shape index (κ3) is 14.4. The molecule has 0 heterocycles. The average molecular weight is 581 g/mol. The molecular weight excluding hydrogens is 558 g/mol. The Morgan fingerprint density at radius 3 is 0.923 bits per heavy atom. The smallest absolute Gasteiger partial charge is 0.725 e. The van der Waals surface area contributed by atoms with Crippen LogP contribution in [0.2, 0.25) is 0 Å². The molecule has 0 atom stereocenters. The molecule has 0 aromatic heterocycles. The Labute approximate surface area is 273 Å². The van der Waals surface area contributed by atoms with Crippen LogP contribution in [0.4, 0.5) is 0 Å². The molecule has 0 N–H and O–H groups in total. The second-order valence-corrected chi connectivity index (χ2v) is 9.79. The molecule has 0 spiro atoms.